The summed E-state index contributed by atoms with van der Waals surface area (Å²) < 4.78 is 57.0. The molecule has 1 aromatic carbocycles. The molecule has 0 unspecified atom stereocenters. The number of piperidine rings is 1. The van der Waals surface area contributed by atoms with Gasteiger partial charge in [0.2, 0.25) is 10.0 Å². The summed E-state index contributed by atoms with van der Waals surface area (Å²) in [5.41, 5.74) is 0. The van der Waals surface area contributed by atoms with E-state index >= 15 is 0 Å². The first-order valence-electron chi connectivity index (χ1n) is 8.32. The fraction of sp³-hybridized carbons (Fsp3) is 0.625. The summed E-state index contributed by atoms with van der Waals surface area (Å²) in [6.45, 7) is 3.84. The van der Waals surface area contributed by atoms with Crippen molar-refractivity contribution >= 4 is 32.3 Å². The fourth-order valence-electron chi connectivity index (χ4n) is 3.03. The molecule has 0 radical (unpaired) electrons. The average Bonchev–Trinajstić information content (AvgIpc) is 2.58. The standard InChI is InChI=1S/C16H26N2O5S2.ClH/c1-4-11-18(13-7-9-17-10-8-13)25(21,22)16-12-14(24(3,19)20)5-6-15(16)23-2;/h5-6,12-13,17H,4,7-11H2,1-3H3;1H. The van der Waals surface area contributed by atoms with Gasteiger partial charge in [-0.1, -0.05) is 6.92 Å². The van der Waals surface area contributed by atoms with E-state index in [2.05, 4.69) is 5.32 Å². The lowest BCUT2D eigenvalue weighted by Crippen LogP contribution is -2.46. The first-order chi connectivity index (χ1) is 11.7. The van der Waals surface area contributed by atoms with Crippen LogP contribution in [0.25, 0.3) is 0 Å². The lowest BCUT2D eigenvalue weighted by Gasteiger charge is -2.34. The van der Waals surface area contributed by atoms with Crippen LogP contribution in [-0.2, 0) is 19.9 Å². The molecule has 10 heteroatoms. The maximum absolute atomic E-state index is 13.3. The van der Waals surface area contributed by atoms with Gasteiger partial charge in [0, 0.05) is 18.8 Å². The summed E-state index contributed by atoms with van der Waals surface area (Å²) >= 11 is 0. The fourth-order valence-corrected chi connectivity index (χ4v) is 5.71. The first kappa shape index (κ1) is 23.2. The molecule has 7 nitrogen and oxygen atoms in total. The topological polar surface area (TPSA) is 92.8 Å². The molecule has 26 heavy (non-hydrogen) atoms. The van der Waals surface area contributed by atoms with Gasteiger partial charge in [-0.25, -0.2) is 16.8 Å². The van der Waals surface area contributed by atoms with Crippen LogP contribution in [0.4, 0.5) is 0 Å². The molecule has 0 bridgehead atoms. The molecule has 1 aromatic rings. The van der Waals surface area contributed by atoms with Crippen LogP contribution < -0.4 is 10.1 Å². The Morgan fingerprint density at radius 3 is 2.31 bits per heavy atom. The number of nitrogens with zero attached hydrogens (tertiary/aromatic N) is 1. The highest BCUT2D eigenvalue weighted by molar-refractivity contribution is 7.91. The minimum atomic E-state index is -3.87. The van der Waals surface area contributed by atoms with Gasteiger partial charge in [-0.05, 0) is 50.6 Å². The minimum absolute atomic E-state index is 0. The van der Waals surface area contributed by atoms with E-state index < -0.39 is 19.9 Å². The smallest absolute Gasteiger partial charge is 0.247 e. The van der Waals surface area contributed by atoms with Crippen molar-refractivity contribution in [2.75, 3.05) is 33.0 Å². The Hall–Kier alpha value is -0.870. The Morgan fingerprint density at radius 2 is 1.81 bits per heavy atom. The van der Waals surface area contributed by atoms with Crippen LogP contribution in [0.5, 0.6) is 5.75 Å². The third-order valence-electron chi connectivity index (χ3n) is 4.31. The molecule has 0 atom stereocenters. The lowest BCUT2D eigenvalue weighted by molar-refractivity contribution is 0.261. The number of halogens is 1. The predicted octanol–water partition coefficient (Wildman–Crippen LogP) is 1.67. The van der Waals surface area contributed by atoms with Gasteiger partial charge in [-0.15, -0.1) is 12.4 Å². The highest BCUT2D eigenvalue weighted by Gasteiger charge is 2.34. The third kappa shape index (κ3) is 5.10. The molecule has 150 valence electrons. The second-order valence-electron chi connectivity index (χ2n) is 6.18. The van der Waals surface area contributed by atoms with Crippen molar-refractivity contribution < 1.29 is 21.6 Å². The van der Waals surface area contributed by atoms with Crippen LogP contribution in [0.15, 0.2) is 28.0 Å². The molecule has 0 saturated carbocycles. The molecule has 2 rings (SSSR count). The van der Waals surface area contributed by atoms with Crippen LogP contribution in [0.3, 0.4) is 0 Å². The zero-order chi connectivity index (χ0) is 18.7. The summed E-state index contributed by atoms with van der Waals surface area (Å²) in [6, 6.07) is 3.86. The second kappa shape index (κ2) is 9.36. The minimum Gasteiger partial charge on any atom is -0.495 e. The molecule has 1 N–H and O–H groups in total. The molecule has 0 aliphatic carbocycles. The molecule has 1 aliphatic heterocycles. The van der Waals surface area contributed by atoms with Crippen molar-refractivity contribution in [3.8, 4) is 5.75 Å². The largest absolute Gasteiger partial charge is 0.495 e. The van der Waals surface area contributed by atoms with Crippen LogP contribution in [0, 0.1) is 0 Å². The molecule has 0 aromatic heterocycles. The number of nitrogens with one attached hydrogen (secondary N) is 1. The Bertz CT molecular complexity index is 806. The Kier molecular flexibility index (Phi) is 8.34. The average molecular weight is 427 g/mol. The second-order valence-corrected chi connectivity index (χ2v) is 10.1. The van der Waals surface area contributed by atoms with E-state index in [0.717, 1.165) is 32.2 Å². The van der Waals surface area contributed by atoms with Gasteiger partial charge in [0.25, 0.3) is 0 Å². The maximum atomic E-state index is 13.3. The Morgan fingerprint density at radius 1 is 1.19 bits per heavy atom. The van der Waals surface area contributed by atoms with Crippen molar-refractivity contribution in [2.24, 2.45) is 0 Å². The Balaban J connectivity index is 0.00000338. The van der Waals surface area contributed by atoms with E-state index in [4.69, 9.17) is 4.74 Å². The monoisotopic (exact) mass is 426 g/mol. The molecule has 1 heterocycles. The zero-order valence-electron chi connectivity index (χ0n) is 15.3. The van der Waals surface area contributed by atoms with Crippen molar-refractivity contribution in [1.29, 1.82) is 0 Å². The molecular weight excluding hydrogens is 400 g/mol. The highest BCUT2D eigenvalue weighted by Crippen LogP contribution is 2.31. The van der Waals surface area contributed by atoms with Gasteiger partial charge in [0.05, 0.1) is 12.0 Å². The first-order valence-corrected chi connectivity index (χ1v) is 11.7. The predicted molar refractivity (Wildman–Crippen MR) is 103 cm³/mol. The quantitative estimate of drug-likeness (QED) is 0.712. The number of methoxy groups -OCH3 is 1. The van der Waals surface area contributed by atoms with Gasteiger partial charge >= 0.3 is 0 Å². The van der Waals surface area contributed by atoms with Gasteiger partial charge in [-0.2, -0.15) is 4.31 Å². The third-order valence-corrected chi connectivity index (χ3v) is 7.39. The molecule has 1 aliphatic rings. The summed E-state index contributed by atoms with van der Waals surface area (Å²) in [5.74, 6) is 0.155. The van der Waals surface area contributed by atoms with Crippen LogP contribution in [0.1, 0.15) is 26.2 Å². The maximum Gasteiger partial charge on any atom is 0.247 e. The van der Waals surface area contributed by atoms with E-state index in [1.54, 1.807) is 0 Å². The van der Waals surface area contributed by atoms with Gasteiger partial charge in [0.15, 0.2) is 9.84 Å². The van der Waals surface area contributed by atoms with Gasteiger partial charge in [-0.3, -0.25) is 0 Å². The summed E-state index contributed by atoms with van der Waals surface area (Å²) in [7, 11) is -6.02. The van der Waals surface area contributed by atoms with E-state index in [1.807, 2.05) is 6.92 Å². The lowest BCUT2D eigenvalue weighted by atomic mass is 10.1. The van der Waals surface area contributed by atoms with E-state index in [1.165, 1.54) is 29.6 Å². The molecule has 0 amide bonds. The van der Waals surface area contributed by atoms with E-state index in [-0.39, 0.29) is 34.0 Å². The number of rotatable bonds is 7. The number of benzene rings is 1. The summed E-state index contributed by atoms with van der Waals surface area (Å²) in [4.78, 5) is -0.126. The van der Waals surface area contributed by atoms with Crippen molar-refractivity contribution in [3.63, 3.8) is 0 Å². The van der Waals surface area contributed by atoms with Crippen LogP contribution in [-0.4, -0.2) is 60.2 Å². The molecule has 0 spiro atoms. The number of hydrogen-bond acceptors (Lipinski definition) is 6. The van der Waals surface area contributed by atoms with Crippen LogP contribution in [0.2, 0.25) is 0 Å². The normalized spacial score (nSPS) is 16.3. The number of sulfonamides is 1. The number of hydrogen-bond donors (Lipinski definition) is 1. The van der Waals surface area contributed by atoms with Gasteiger partial charge in [0.1, 0.15) is 10.6 Å². The van der Waals surface area contributed by atoms with Crippen molar-refractivity contribution in [3.05, 3.63) is 18.2 Å². The van der Waals surface area contributed by atoms with E-state index in [9.17, 15) is 16.8 Å². The van der Waals surface area contributed by atoms with Crippen molar-refractivity contribution in [2.45, 2.75) is 42.0 Å². The van der Waals surface area contributed by atoms with E-state index in [0.29, 0.717) is 13.0 Å². The number of sulfone groups is 1. The highest BCUT2D eigenvalue weighted by atomic mass is 35.5. The summed E-state index contributed by atoms with van der Waals surface area (Å²) in [5, 5.41) is 3.23. The molecular formula is C16H27ClN2O5S2. The zero-order valence-corrected chi connectivity index (χ0v) is 17.7. The molecule has 1 fully saturated rings. The number of ether oxygens (including phenoxy) is 1. The Labute approximate surface area is 162 Å². The molecule has 1 saturated heterocycles. The van der Waals surface area contributed by atoms with Crippen molar-refractivity contribution in [1.82, 2.24) is 9.62 Å². The summed E-state index contributed by atoms with van der Waals surface area (Å²) in [6.07, 6.45) is 3.19. The van der Waals surface area contributed by atoms with Gasteiger partial charge < -0.3 is 10.1 Å². The van der Waals surface area contributed by atoms with Crippen LogP contribution >= 0.6 is 12.4 Å². The SMILES string of the molecule is CCCN(C1CCNCC1)S(=O)(=O)c1cc(S(C)(=O)=O)ccc1OC.Cl.